The van der Waals surface area contributed by atoms with Crippen molar-refractivity contribution in [3.05, 3.63) is 59.2 Å². The van der Waals surface area contributed by atoms with Gasteiger partial charge in [-0.05, 0) is 49.1 Å². The van der Waals surface area contributed by atoms with E-state index in [-0.39, 0.29) is 18.1 Å². The molecule has 3 N–H and O–H groups in total. The fourth-order valence-corrected chi connectivity index (χ4v) is 4.80. The van der Waals surface area contributed by atoms with Crippen LogP contribution in [0.3, 0.4) is 0 Å². The summed E-state index contributed by atoms with van der Waals surface area (Å²) in [4.78, 5) is 16.5. The quantitative estimate of drug-likeness (QED) is 0.556. The van der Waals surface area contributed by atoms with Crippen molar-refractivity contribution in [2.24, 2.45) is 0 Å². The number of carbonyl (C=O) groups is 1. The molecule has 0 unspecified atom stereocenters. The van der Waals surface area contributed by atoms with Gasteiger partial charge in [-0.1, -0.05) is 12.1 Å². The molecular weight excluding hydrogens is 397 g/mol. The molecule has 3 rings (SSSR count). The van der Waals surface area contributed by atoms with Gasteiger partial charge < -0.3 is 10.1 Å². The number of rotatable bonds is 8. The Morgan fingerprint density at radius 3 is 2.72 bits per heavy atom. The normalized spacial score (nSPS) is 17.1. The van der Waals surface area contributed by atoms with E-state index in [4.69, 9.17) is 4.74 Å². The number of carbonyl (C=O) groups excluding carboxylic acids is 1. The largest absolute Gasteiger partial charge is 0.461 e. The number of esters is 1. The van der Waals surface area contributed by atoms with Crippen LogP contribution in [-0.4, -0.2) is 56.4 Å². The van der Waals surface area contributed by atoms with Gasteiger partial charge >= 0.3 is 5.97 Å². The molecule has 2 aromatic rings. The van der Waals surface area contributed by atoms with Gasteiger partial charge in [0.25, 0.3) is 0 Å². The van der Waals surface area contributed by atoms with E-state index in [9.17, 15) is 18.3 Å². The molecule has 0 bridgehead atoms. The van der Waals surface area contributed by atoms with Crippen LogP contribution in [0.2, 0.25) is 0 Å². The van der Waals surface area contributed by atoms with Gasteiger partial charge in [0, 0.05) is 25.8 Å². The number of ether oxygens (including phenoxy) is 1. The van der Waals surface area contributed by atoms with E-state index in [1.807, 2.05) is 6.07 Å². The minimum absolute atomic E-state index is 0.183. The Morgan fingerprint density at radius 2 is 2.07 bits per heavy atom. The van der Waals surface area contributed by atoms with Gasteiger partial charge in [0.05, 0.1) is 18.0 Å². The van der Waals surface area contributed by atoms with E-state index in [1.54, 1.807) is 29.6 Å². The molecule has 1 aromatic carbocycles. The Morgan fingerprint density at radius 1 is 1.31 bits per heavy atom. The summed E-state index contributed by atoms with van der Waals surface area (Å²) in [5.74, 6) is -0.413. The standard InChI is InChI=1S/C20H26FN3O4S/c1-2-28-20(25)19-18(22-8-10-24-9-3-11-29(24,26)27)13-16(14-23-19)12-15-4-6-17(21)7-5-15/h4-7,13-14,22,26-27H,2-3,8-12H2,1H3. The number of anilines is 1. The van der Waals surface area contributed by atoms with Gasteiger partial charge in [-0.15, -0.1) is 10.8 Å². The van der Waals surface area contributed by atoms with Gasteiger partial charge in [0.1, 0.15) is 5.82 Å². The van der Waals surface area contributed by atoms with E-state index in [1.165, 1.54) is 12.1 Å². The first-order valence-corrected chi connectivity index (χ1v) is 11.2. The van der Waals surface area contributed by atoms with Crippen molar-refractivity contribution in [3.8, 4) is 0 Å². The van der Waals surface area contributed by atoms with Crippen molar-refractivity contribution in [1.29, 1.82) is 0 Å². The van der Waals surface area contributed by atoms with Crippen LogP contribution in [0.5, 0.6) is 0 Å². The van der Waals surface area contributed by atoms with Crippen LogP contribution in [0.15, 0.2) is 36.5 Å². The molecule has 2 heterocycles. The summed E-state index contributed by atoms with van der Waals surface area (Å²) in [5.41, 5.74) is 2.49. The molecule has 0 atom stereocenters. The van der Waals surface area contributed by atoms with Crippen molar-refractivity contribution in [3.63, 3.8) is 0 Å². The topological polar surface area (TPSA) is 94.9 Å². The average Bonchev–Trinajstić information content (AvgIpc) is 3.02. The van der Waals surface area contributed by atoms with Crippen LogP contribution < -0.4 is 5.32 Å². The molecule has 1 fully saturated rings. The molecule has 0 saturated carbocycles. The van der Waals surface area contributed by atoms with Crippen LogP contribution >= 0.6 is 10.8 Å². The van der Waals surface area contributed by atoms with E-state index in [0.717, 1.165) is 17.5 Å². The summed E-state index contributed by atoms with van der Waals surface area (Å²) >= 11 is 0. The highest BCUT2D eigenvalue weighted by Gasteiger charge is 2.28. The molecule has 0 spiro atoms. The second-order valence-corrected chi connectivity index (χ2v) is 9.00. The smallest absolute Gasteiger partial charge is 0.359 e. The molecule has 7 nitrogen and oxygen atoms in total. The van der Waals surface area contributed by atoms with Gasteiger partial charge in [-0.3, -0.25) is 9.11 Å². The molecule has 0 aliphatic carbocycles. The third-order valence-electron chi connectivity index (χ3n) is 4.65. The highest BCUT2D eigenvalue weighted by atomic mass is 32.3. The maximum atomic E-state index is 13.1. The fraction of sp³-hybridized carbons (Fsp3) is 0.400. The molecule has 0 radical (unpaired) electrons. The van der Waals surface area contributed by atoms with Crippen LogP contribution in [0.4, 0.5) is 10.1 Å². The van der Waals surface area contributed by atoms with E-state index in [0.29, 0.717) is 37.5 Å². The lowest BCUT2D eigenvalue weighted by Crippen LogP contribution is -2.28. The van der Waals surface area contributed by atoms with Crippen molar-refractivity contribution < 1.29 is 23.0 Å². The highest BCUT2D eigenvalue weighted by Crippen LogP contribution is 2.47. The predicted molar refractivity (Wildman–Crippen MR) is 112 cm³/mol. The summed E-state index contributed by atoms with van der Waals surface area (Å²) in [6.07, 6.45) is 2.90. The first kappa shape index (κ1) is 21.5. The van der Waals surface area contributed by atoms with Gasteiger partial charge in [0.15, 0.2) is 5.69 Å². The lowest BCUT2D eigenvalue weighted by molar-refractivity contribution is 0.0520. The average molecular weight is 424 g/mol. The summed E-state index contributed by atoms with van der Waals surface area (Å²) < 4.78 is 39.9. The van der Waals surface area contributed by atoms with E-state index >= 15 is 0 Å². The SMILES string of the molecule is CCOC(=O)c1ncc(Cc2ccc(F)cc2)cc1NCCN1CCCS1(O)O. The zero-order chi connectivity index (χ0) is 20.9. The minimum atomic E-state index is -2.67. The maximum Gasteiger partial charge on any atom is 0.359 e. The zero-order valence-corrected chi connectivity index (χ0v) is 17.1. The van der Waals surface area contributed by atoms with Crippen molar-refractivity contribution in [1.82, 2.24) is 9.29 Å². The third-order valence-corrected chi connectivity index (χ3v) is 6.68. The Balaban J connectivity index is 1.73. The Kier molecular flexibility index (Phi) is 7.07. The van der Waals surface area contributed by atoms with Crippen molar-refractivity contribution in [2.75, 3.05) is 37.3 Å². The van der Waals surface area contributed by atoms with Crippen molar-refractivity contribution >= 4 is 22.4 Å². The summed E-state index contributed by atoms with van der Waals surface area (Å²) in [6.45, 7) is 3.46. The van der Waals surface area contributed by atoms with Crippen LogP contribution in [0.1, 0.15) is 35.0 Å². The van der Waals surface area contributed by atoms with Gasteiger partial charge in [0.2, 0.25) is 0 Å². The van der Waals surface area contributed by atoms with E-state index < -0.39 is 16.7 Å². The van der Waals surface area contributed by atoms with Crippen LogP contribution in [0, 0.1) is 5.82 Å². The molecule has 29 heavy (non-hydrogen) atoms. The molecular formula is C20H26FN3O4S. The van der Waals surface area contributed by atoms with Crippen LogP contribution in [-0.2, 0) is 11.2 Å². The number of halogens is 1. The van der Waals surface area contributed by atoms with Gasteiger partial charge in [-0.25, -0.2) is 18.5 Å². The number of nitrogens with zero attached hydrogens (tertiary/aromatic N) is 2. The summed E-state index contributed by atoms with van der Waals surface area (Å²) in [7, 11) is -2.67. The van der Waals surface area contributed by atoms with Crippen LogP contribution in [0.25, 0.3) is 0 Å². The zero-order valence-electron chi connectivity index (χ0n) is 16.3. The molecule has 158 valence electrons. The Bertz CT molecular complexity index is 848. The second kappa shape index (κ2) is 9.53. The third kappa shape index (κ3) is 5.66. The molecule has 1 aromatic heterocycles. The number of hydrogen-bond donors (Lipinski definition) is 3. The van der Waals surface area contributed by atoms with Gasteiger partial charge in [-0.2, -0.15) is 0 Å². The number of benzene rings is 1. The number of pyridine rings is 1. The molecule has 1 aliphatic heterocycles. The van der Waals surface area contributed by atoms with E-state index in [2.05, 4.69) is 10.3 Å². The first-order valence-electron chi connectivity index (χ1n) is 9.54. The number of aromatic nitrogens is 1. The molecule has 0 amide bonds. The van der Waals surface area contributed by atoms with Crippen molar-refractivity contribution in [2.45, 2.75) is 19.8 Å². The lowest BCUT2D eigenvalue weighted by atomic mass is 10.1. The monoisotopic (exact) mass is 423 g/mol. The number of hydrogen-bond acceptors (Lipinski definition) is 7. The first-order chi connectivity index (χ1) is 13.9. The second-order valence-electron chi connectivity index (χ2n) is 6.81. The Labute approximate surface area is 171 Å². The summed E-state index contributed by atoms with van der Waals surface area (Å²) in [5, 5.41) is 3.18. The fourth-order valence-electron chi connectivity index (χ4n) is 3.22. The number of nitrogens with one attached hydrogen (secondary N) is 1. The highest BCUT2D eigenvalue weighted by molar-refractivity contribution is 8.22. The maximum absolute atomic E-state index is 13.1. The molecule has 9 heteroatoms. The Hall–Kier alpha value is -2.20. The summed E-state index contributed by atoms with van der Waals surface area (Å²) in [6, 6.07) is 8.05. The lowest BCUT2D eigenvalue weighted by Gasteiger charge is -2.36. The minimum Gasteiger partial charge on any atom is -0.461 e. The predicted octanol–water partition coefficient (Wildman–Crippen LogP) is 3.77. The molecule has 1 aliphatic rings. The molecule has 1 saturated heterocycles.